The molecule has 0 spiro atoms. The summed E-state index contributed by atoms with van der Waals surface area (Å²) < 4.78 is 16.4. The van der Waals surface area contributed by atoms with E-state index in [-0.39, 0.29) is 5.82 Å². The summed E-state index contributed by atoms with van der Waals surface area (Å²) >= 11 is 12.3. The third-order valence-electron chi connectivity index (χ3n) is 5.44. The molecular weight excluding hydrogens is 474 g/mol. The number of nitrogens with two attached hydrogens (primary N) is 1. The van der Waals surface area contributed by atoms with Crippen molar-refractivity contribution in [3.8, 4) is 16.9 Å². The van der Waals surface area contributed by atoms with Gasteiger partial charge in [-0.3, -0.25) is 0 Å². The van der Waals surface area contributed by atoms with Gasteiger partial charge in [0.25, 0.3) is 0 Å². The Kier molecular flexibility index (Phi) is 5.81. The number of hydrogen-bond acceptors (Lipinski definition) is 5. The average molecular weight is 493 g/mol. The number of rotatable bonds is 5. The Labute approximate surface area is 205 Å². The summed E-state index contributed by atoms with van der Waals surface area (Å²) in [5.41, 5.74) is 9.20. The number of fused-ring (bicyclic) bond motifs is 1. The van der Waals surface area contributed by atoms with Crippen molar-refractivity contribution in [2.24, 2.45) is 0 Å². The maximum absolute atomic E-state index is 14.9. The van der Waals surface area contributed by atoms with E-state index in [4.69, 9.17) is 33.9 Å². The van der Waals surface area contributed by atoms with Crippen LogP contribution in [0.4, 0.5) is 16.2 Å². The molecule has 5 rings (SSSR count). The maximum Gasteiger partial charge on any atom is 0.228 e. The van der Waals surface area contributed by atoms with E-state index < -0.39 is 5.82 Å². The number of halogens is 3. The van der Waals surface area contributed by atoms with Crippen LogP contribution in [0.2, 0.25) is 10.0 Å². The lowest BCUT2D eigenvalue weighted by atomic mass is 10.1. The predicted molar refractivity (Wildman–Crippen MR) is 135 cm³/mol. The van der Waals surface area contributed by atoms with Crippen LogP contribution in [0.15, 0.2) is 72.8 Å². The first-order chi connectivity index (χ1) is 16.4. The van der Waals surface area contributed by atoms with E-state index in [1.165, 1.54) is 10.7 Å². The van der Waals surface area contributed by atoms with Gasteiger partial charge in [0, 0.05) is 19.2 Å². The van der Waals surface area contributed by atoms with Crippen LogP contribution in [0.3, 0.4) is 0 Å². The monoisotopic (exact) mass is 492 g/mol. The van der Waals surface area contributed by atoms with Crippen molar-refractivity contribution in [1.82, 2.24) is 19.7 Å². The van der Waals surface area contributed by atoms with E-state index in [0.717, 1.165) is 5.56 Å². The standard InChI is InChI=1S/C25H19Cl2FN6/c1-33(14-15-7-3-2-4-8-15)25-30-22(17-9-5-6-10-20(17)28)21-23(29)34(32-24(21)31-25)16-11-12-18(26)19(27)13-16/h2-13H,14,29H2,1H3. The maximum atomic E-state index is 14.9. The van der Waals surface area contributed by atoms with Crippen molar-refractivity contribution in [2.45, 2.75) is 6.54 Å². The molecule has 0 aliphatic heterocycles. The summed E-state index contributed by atoms with van der Waals surface area (Å²) in [5, 5.41) is 5.84. The van der Waals surface area contributed by atoms with E-state index in [9.17, 15) is 4.39 Å². The molecule has 0 radical (unpaired) electrons. The second-order valence-electron chi connectivity index (χ2n) is 7.79. The van der Waals surface area contributed by atoms with Crippen molar-refractivity contribution in [2.75, 3.05) is 17.7 Å². The molecule has 6 nitrogen and oxygen atoms in total. The van der Waals surface area contributed by atoms with E-state index in [1.54, 1.807) is 36.4 Å². The van der Waals surface area contributed by atoms with Gasteiger partial charge in [-0.2, -0.15) is 4.98 Å². The second kappa shape index (κ2) is 8.93. The van der Waals surface area contributed by atoms with E-state index in [2.05, 4.69) is 10.1 Å². The summed E-state index contributed by atoms with van der Waals surface area (Å²) in [6, 6.07) is 21.4. The highest BCUT2D eigenvalue weighted by atomic mass is 35.5. The molecule has 2 N–H and O–H groups in total. The van der Waals surface area contributed by atoms with Gasteiger partial charge in [0.1, 0.15) is 11.6 Å². The molecule has 0 saturated heterocycles. The highest BCUT2D eigenvalue weighted by molar-refractivity contribution is 6.42. The largest absolute Gasteiger partial charge is 0.383 e. The van der Waals surface area contributed by atoms with Gasteiger partial charge in [-0.15, -0.1) is 5.10 Å². The Morgan fingerprint density at radius 1 is 0.941 bits per heavy atom. The number of aromatic nitrogens is 4. The Morgan fingerprint density at radius 2 is 1.68 bits per heavy atom. The fourth-order valence-corrected chi connectivity index (χ4v) is 4.05. The predicted octanol–water partition coefficient (Wildman–Crippen LogP) is 6.15. The number of hydrogen-bond donors (Lipinski definition) is 1. The van der Waals surface area contributed by atoms with Crippen molar-refractivity contribution < 1.29 is 4.39 Å². The van der Waals surface area contributed by atoms with Crippen LogP contribution < -0.4 is 10.6 Å². The van der Waals surface area contributed by atoms with Gasteiger partial charge in [-0.25, -0.2) is 14.1 Å². The van der Waals surface area contributed by atoms with E-state index >= 15 is 0 Å². The molecule has 0 aliphatic carbocycles. The first kappa shape index (κ1) is 22.1. The number of nitrogen functional groups attached to an aromatic ring is 1. The second-order valence-corrected chi connectivity index (χ2v) is 8.60. The minimum atomic E-state index is -0.416. The minimum Gasteiger partial charge on any atom is -0.383 e. The smallest absolute Gasteiger partial charge is 0.228 e. The first-order valence-corrected chi connectivity index (χ1v) is 11.2. The summed E-state index contributed by atoms with van der Waals surface area (Å²) in [7, 11) is 1.87. The molecule has 34 heavy (non-hydrogen) atoms. The molecule has 3 aromatic carbocycles. The molecule has 9 heteroatoms. The third kappa shape index (κ3) is 4.04. The Bertz CT molecular complexity index is 1500. The average Bonchev–Trinajstić information content (AvgIpc) is 3.18. The van der Waals surface area contributed by atoms with Gasteiger partial charge >= 0.3 is 0 Å². The van der Waals surface area contributed by atoms with Gasteiger partial charge in [0.2, 0.25) is 5.95 Å². The van der Waals surface area contributed by atoms with Gasteiger partial charge in [-0.05, 0) is 35.9 Å². The van der Waals surface area contributed by atoms with Crippen LogP contribution in [0.5, 0.6) is 0 Å². The van der Waals surface area contributed by atoms with Crippen molar-refractivity contribution in [3.05, 3.63) is 94.2 Å². The summed E-state index contributed by atoms with van der Waals surface area (Å²) in [4.78, 5) is 11.3. The zero-order valence-corrected chi connectivity index (χ0v) is 19.6. The highest BCUT2D eigenvalue weighted by Crippen LogP contribution is 2.35. The lowest BCUT2D eigenvalue weighted by molar-refractivity contribution is 0.631. The Balaban J connectivity index is 1.71. The number of anilines is 2. The van der Waals surface area contributed by atoms with Crippen LogP contribution >= 0.6 is 23.2 Å². The first-order valence-electron chi connectivity index (χ1n) is 10.4. The van der Waals surface area contributed by atoms with Crippen LogP contribution in [-0.2, 0) is 6.54 Å². The van der Waals surface area contributed by atoms with Crippen LogP contribution in [0.1, 0.15) is 5.56 Å². The summed E-state index contributed by atoms with van der Waals surface area (Å²) in [5.74, 6) is 0.248. The summed E-state index contributed by atoms with van der Waals surface area (Å²) in [6.07, 6.45) is 0. The minimum absolute atomic E-state index is 0.268. The summed E-state index contributed by atoms with van der Waals surface area (Å²) in [6.45, 7) is 0.562. The Hall–Kier alpha value is -3.68. The molecule has 0 unspecified atom stereocenters. The molecule has 2 heterocycles. The molecule has 0 fully saturated rings. The molecule has 0 saturated carbocycles. The lowest BCUT2D eigenvalue weighted by Crippen LogP contribution is -2.19. The van der Waals surface area contributed by atoms with Crippen molar-refractivity contribution in [1.29, 1.82) is 0 Å². The molecule has 170 valence electrons. The molecule has 2 aromatic heterocycles. The zero-order chi connectivity index (χ0) is 23.8. The van der Waals surface area contributed by atoms with E-state index in [1.807, 2.05) is 42.3 Å². The third-order valence-corrected chi connectivity index (χ3v) is 6.18. The lowest BCUT2D eigenvalue weighted by Gasteiger charge is -2.18. The fourth-order valence-electron chi connectivity index (χ4n) is 3.76. The molecule has 5 aromatic rings. The number of nitrogens with zero attached hydrogens (tertiary/aromatic N) is 5. The fraction of sp³-hybridized carbons (Fsp3) is 0.0800. The molecule has 0 atom stereocenters. The zero-order valence-electron chi connectivity index (χ0n) is 18.1. The quantitative estimate of drug-likeness (QED) is 0.318. The van der Waals surface area contributed by atoms with Gasteiger partial charge < -0.3 is 10.6 Å². The Morgan fingerprint density at radius 3 is 2.41 bits per heavy atom. The van der Waals surface area contributed by atoms with Crippen LogP contribution in [-0.4, -0.2) is 26.8 Å². The van der Waals surface area contributed by atoms with Gasteiger partial charge in [-0.1, -0.05) is 65.7 Å². The molecule has 0 aliphatic rings. The topological polar surface area (TPSA) is 72.9 Å². The van der Waals surface area contributed by atoms with Gasteiger partial charge in [0.15, 0.2) is 5.65 Å². The number of benzene rings is 3. The normalized spacial score (nSPS) is 11.2. The molecule has 0 bridgehead atoms. The van der Waals surface area contributed by atoms with E-state index in [0.29, 0.717) is 50.5 Å². The molecular formula is C25H19Cl2FN6. The van der Waals surface area contributed by atoms with Crippen LogP contribution in [0, 0.1) is 5.82 Å². The van der Waals surface area contributed by atoms with Crippen LogP contribution in [0.25, 0.3) is 28.0 Å². The van der Waals surface area contributed by atoms with Gasteiger partial charge in [0.05, 0.1) is 26.8 Å². The molecule has 0 amide bonds. The van der Waals surface area contributed by atoms with Crippen molar-refractivity contribution >= 4 is 46.0 Å². The SMILES string of the molecule is CN(Cc1ccccc1)c1nc(-c2ccccc2F)c2c(N)n(-c3ccc(Cl)c(Cl)c3)nc2n1. The van der Waals surface area contributed by atoms with Crippen molar-refractivity contribution in [3.63, 3.8) is 0 Å². The highest BCUT2D eigenvalue weighted by Gasteiger charge is 2.22.